The zero-order valence-corrected chi connectivity index (χ0v) is 11.6. The van der Waals surface area contributed by atoms with E-state index in [1.165, 1.54) is 6.20 Å². The Morgan fingerprint density at radius 2 is 2.32 bits per heavy atom. The minimum absolute atomic E-state index is 0.0891. The van der Waals surface area contributed by atoms with E-state index in [0.29, 0.717) is 17.3 Å². The number of allylic oxidation sites excluding steroid dienone is 1. The van der Waals surface area contributed by atoms with Crippen molar-refractivity contribution in [3.05, 3.63) is 41.9 Å². The molecule has 1 aliphatic carbocycles. The van der Waals surface area contributed by atoms with E-state index in [-0.39, 0.29) is 17.3 Å². The highest BCUT2D eigenvalue weighted by Gasteiger charge is 2.23. The Hall–Kier alpha value is -3.21. The van der Waals surface area contributed by atoms with Crippen LogP contribution in [0.5, 0.6) is 0 Å². The summed E-state index contributed by atoms with van der Waals surface area (Å²) in [6.07, 6.45) is 3.56. The zero-order chi connectivity index (χ0) is 15.4. The van der Waals surface area contributed by atoms with Gasteiger partial charge in [-0.3, -0.25) is 4.79 Å². The third kappa shape index (κ3) is 3.27. The fourth-order valence-corrected chi connectivity index (χ4v) is 1.82. The Labute approximate surface area is 126 Å². The van der Waals surface area contributed by atoms with Crippen LogP contribution in [0.1, 0.15) is 29.0 Å². The molecule has 1 fully saturated rings. The third-order valence-electron chi connectivity index (χ3n) is 3.13. The lowest BCUT2D eigenvalue weighted by atomic mass is 10.2. The Morgan fingerprint density at radius 3 is 3.00 bits per heavy atom. The number of carbonyl (C=O) groups excluding carboxylic acids is 1. The van der Waals surface area contributed by atoms with Gasteiger partial charge in [-0.2, -0.15) is 10.5 Å². The fraction of sp³-hybridized carbons (Fsp3) is 0.214. The maximum Gasteiger partial charge on any atom is 0.251 e. The fourth-order valence-electron chi connectivity index (χ4n) is 1.82. The molecule has 8 heteroatoms. The Kier molecular flexibility index (Phi) is 3.78. The maximum absolute atomic E-state index is 12.0. The van der Waals surface area contributed by atoms with Crippen molar-refractivity contribution in [2.24, 2.45) is 0 Å². The van der Waals surface area contributed by atoms with E-state index >= 15 is 0 Å². The first-order chi connectivity index (χ1) is 10.8. The van der Waals surface area contributed by atoms with Crippen LogP contribution in [0.25, 0.3) is 5.57 Å². The summed E-state index contributed by atoms with van der Waals surface area (Å²) in [5.74, 6) is 0.117. The second-order valence-corrected chi connectivity index (χ2v) is 4.88. The number of H-pyrrole nitrogens is 1. The maximum atomic E-state index is 12.0. The van der Waals surface area contributed by atoms with Crippen molar-refractivity contribution in [1.82, 2.24) is 25.9 Å². The number of benzene rings is 1. The van der Waals surface area contributed by atoms with Gasteiger partial charge < -0.3 is 10.6 Å². The average Bonchev–Trinajstić information content (AvgIpc) is 3.19. The van der Waals surface area contributed by atoms with Crippen LogP contribution in [0, 0.1) is 11.3 Å². The smallest absolute Gasteiger partial charge is 0.251 e. The van der Waals surface area contributed by atoms with Crippen molar-refractivity contribution >= 4 is 17.2 Å². The van der Waals surface area contributed by atoms with Gasteiger partial charge in [0.05, 0.1) is 0 Å². The van der Waals surface area contributed by atoms with Crippen LogP contribution in [0.15, 0.2) is 30.5 Å². The molecule has 0 radical (unpaired) electrons. The monoisotopic (exact) mass is 295 g/mol. The van der Waals surface area contributed by atoms with Crippen LogP contribution in [0.3, 0.4) is 0 Å². The molecule has 0 unspecified atom stereocenters. The van der Waals surface area contributed by atoms with Crippen molar-refractivity contribution in [2.75, 3.05) is 5.32 Å². The lowest BCUT2D eigenvalue weighted by Gasteiger charge is -2.06. The number of rotatable bonds is 5. The molecule has 1 amide bonds. The summed E-state index contributed by atoms with van der Waals surface area (Å²) < 4.78 is 0. The van der Waals surface area contributed by atoms with E-state index < -0.39 is 0 Å². The van der Waals surface area contributed by atoms with E-state index in [1.54, 1.807) is 24.3 Å². The summed E-state index contributed by atoms with van der Waals surface area (Å²) in [5, 5.41) is 28.2. The van der Waals surface area contributed by atoms with E-state index in [4.69, 9.17) is 5.26 Å². The number of carbonyl (C=O) groups is 1. The summed E-state index contributed by atoms with van der Waals surface area (Å²) in [4.78, 5) is 12.0. The van der Waals surface area contributed by atoms with Crippen molar-refractivity contribution in [1.29, 1.82) is 5.26 Å². The number of tetrazole rings is 1. The molecule has 110 valence electrons. The number of hydrogen-bond acceptors (Lipinski definition) is 6. The molecule has 0 saturated heterocycles. The largest absolute Gasteiger partial charge is 0.360 e. The molecule has 2 aromatic rings. The van der Waals surface area contributed by atoms with E-state index in [2.05, 4.69) is 31.3 Å². The predicted octanol–water partition coefficient (Wildman–Crippen LogP) is 1.07. The SMILES string of the molecule is N#CC(=CNc1cccc(C(=O)NC2CC2)c1)c1nn[nH]n1. The van der Waals surface area contributed by atoms with Gasteiger partial charge in [0.2, 0.25) is 5.82 Å². The second-order valence-electron chi connectivity index (χ2n) is 4.88. The number of nitriles is 1. The molecule has 3 N–H and O–H groups in total. The molecule has 0 aliphatic heterocycles. The van der Waals surface area contributed by atoms with Crippen LogP contribution >= 0.6 is 0 Å². The molecule has 0 spiro atoms. The summed E-state index contributed by atoms with van der Waals surface area (Å²) in [7, 11) is 0. The molecule has 0 atom stereocenters. The number of nitrogens with zero attached hydrogens (tertiary/aromatic N) is 4. The van der Waals surface area contributed by atoms with Gasteiger partial charge in [0.25, 0.3) is 5.91 Å². The Balaban J connectivity index is 1.72. The number of aromatic nitrogens is 4. The van der Waals surface area contributed by atoms with E-state index in [1.807, 2.05) is 6.07 Å². The van der Waals surface area contributed by atoms with E-state index in [0.717, 1.165) is 12.8 Å². The lowest BCUT2D eigenvalue weighted by molar-refractivity contribution is 0.0951. The molecule has 8 nitrogen and oxygen atoms in total. The minimum atomic E-state index is -0.0891. The van der Waals surface area contributed by atoms with E-state index in [9.17, 15) is 4.79 Å². The summed E-state index contributed by atoms with van der Waals surface area (Å²) >= 11 is 0. The first kappa shape index (κ1) is 13.8. The number of hydrogen-bond donors (Lipinski definition) is 3. The normalized spacial score (nSPS) is 14.2. The van der Waals surface area contributed by atoms with Gasteiger partial charge in [0, 0.05) is 23.5 Å². The number of aromatic amines is 1. The van der Waals surface area contributed by atoms with Crippen molar-refractivity contribution < 1.29 is 4.79 Å². The van der Waals surface area contributed by atoms with Crippen molar-refractivity contribution in [3.63, 3.8) is 0 Å². The standard InChI is InChI=1S/C14H13N7O/c15-7-10(13-18-20-21-19-13)8-16-12-3-1-2-9(6-12)14(22)17-11-4-5-11/h1-3,6,8,11,16H,4-5H2,(H,17,22)(H,18,19,20,21). The van der Waals surface area contributed by atoms with Crippen LogP contribution < -0.4 is 10.6 Å². The quantitative estimate of drug-likeness (QED) is 0.710. The lowest BCUT2D eigenvalue weighted by Crippen LogP contribution is -2.25. The van der Waals surface area contributed by atoms with Gasteiger partial charge in [0.1, 0.15) is 11.6 Å². The number of anilines is 1. The highest BCUT2D eigenvalue weighted by molar-refractivity contribution is 5.95. The second kappa shape index (κ2) is 6.05. The topological polar surface area (TPSA) is 119 Å². The highest BCUT2D eigenvalue weighted by Crippen LogP contribution is 2.20. The number of nitrogens with one attached hydrogen (secondary N) is 3. The Bertz CT molecular complexity index is 741. The van der Waals surface area contributed by atoms with Crippen LogP contribution in [-0.2, 0) is 0 Å². The van der Waals surface area contributed by atoms with Gasteiger partial charge in [-0.15, -0.1) is 10.2 Å². The first-order valence-corrected chi connectivity index (χ1v) is 6.78. The molecule has 1 aromatic carbocycles. The molecule has 22 heavy (non-hydrogen) atoms. The Morgan fingerprint density at radius 1 is 1.45 bits per heavy atom. The molecule has 1 saturated carbocycles. The molecule has 1 aliphatic rings. The van der Waals surface area contributed by atoms with Crippen LogP contribution in [-0.4, -0.2) is 32.6 Å². The third-order valence-corrected chi connectivity index (χ3v) is 3.13. The van der Waals surface area contributed by atoms with Gasteiger partial charge in [-0.25, -0.2) is 0 Å². The number of amides is 1. The molecule has 1 heterocycles. The van der Waals surface area contributed by atoms with Crippen LogP contribution in [0.4, 0.5) is 5.69 Å². The van der Waals surface area contributed by atoms with Gasteiger partial charge in [-0.1, -0.05) is 6.07 Å². The average molecular weight is 295 g/mol. The molecule has 0 bridgehead atoms. The molecular formula is C14H13N7O. The minimum Gasteiger partial charge on any atom is -0.360 e. The van der Waals surface area contributed by atoms with Gasteiger partial charge in [-0.05, 0) is 36.3 Å². The highest BCUT2D eigenvalue weighted by atomic mass is 16.1. The molecule has 1 aromatic heterocycles. The van der Waals surface area contributed by atoms with Crippen LogP contribution in [0.2, 0.25) is 0 Å². The first-order valence-electron chi connectivity index (χ1n) is 6.78. The summed E-state index contributed by atoms with van der Waals surface area (Å²) in [6, 6.07) is 9.34. The summed E-state index contributed by atoms with van der Waals surface area (Å²) in [6.45, 7) is 0. The van der Waals surface area contributed by atoms with Crippen molar-refractivity contribution in [3.8, 4) is 6.07 Å². The van der Waals surface area contributed by atoms with Gasteiger partial charge >= 0.3 is 0 Å². The van der Waals surface area contributed by atoms with Gasteiger partial charge in [0.15, 0.2) is 0 Å². The van der Waals surface area contributed by atoms with Crippen molar-refractivity contribution in [2.45, 2.75) is 18.9 Å². The molecule has 3 rings (SSSR count). The predicted molar refractivity (Wildman–Crippen MR) is 78.3 cm³/mol. The molecular weight excluding hydrogens is 282 g/mol. The zero-order valence-electron chi connectivity index (χ0n) is 11.6. The summed E-state index contributed by atoms with van der Waals surface area (Å²) in [5.41, 5.74) is 1.50.